The monoisotopic (exact) mass is 455 g/mol. The molecule has 0 bridgehead atoms. The van der Waals surface area contributed by atoms with Crippen molar-refractivity contribution < 1.29 is 4.79 Å². The van der Waals surface area contributed by atoms with Crippen LogP contribution in [0.3, 0.4) is 0 Å². The van der Waals surface area contributed by atoms with Gasteiger partial charge in [0.2, 0.25) is 5.91 Å². The highest BCUT2D eigenvalue weighted by atomic mass is 35.5. The summed E-state index contributed by atoms with van der Waals surface area (Å²) < 4.78 is 1.64. The lowest BCUT2D eigenvalue weighted by Crippen LogP contribution is -2.35. The van der Waals surface area contributed by atoms with Crippen molar-refractivity contribution in [2.24, 2.45) is 0 Å². The molecule has 0 radical (unpaired) electrons. The number of nitrogens with zero attached hydrogens (tertiary/aromatic N) is 3. The summed E-state index contributed by atoms with van der Waals surface area (Å²) in [6, 6.07) is 14.7. The average molecular weight is 456 g/mol. The summed E-state index contributed by atoms with van der Waals surface area (Å²) in [5.41, 5.74) is 1.29. The number of para-hydroxylation sites is 1. The molecule has 7 heteroatoms. The molecule has 1 aliphatic heterocycles. The summed E-state index contributed by atoms with van der Waals surface area (Å²) >= 11 is 7.73. The lowest BCUT2D eigenvalue weighted by Gasteiger charge is -2.26. The smallest absolute Gasteiger partial charge is 0.266 e. The lowest BCUT2D eigenvalue weighted by molar-refractivity contribution is -0.132. The molecule has 1 fully saturated rings. The minimum atomic E-state index is -0.101. The lowest BCUT2D eigenvalue weighted by atomic mass is 10.1. The van der Waals surface area contributed by atoms with Crippen molar-refractivity contribution in [3.8, 4) is 5.69 Å². The van der Waals surface area contributed by atoms with Crippen molar-refractivity contribution in [2.45, 2.75) is 43.7 Å². The molecule has 0 aliphatic carbocycles. The van der Waals surface area contributed by atoms with E-state index in [-0.39, 0.29) is 11.5 Å². The topological polar surface area (TPSA) is 55.2 Å². The maximum Gasteiger partial charge on any atom is 0.266 e. The number of hydrogen-bond acceptors (Lipinski definition) is 4. The predicted octanol–water partition coefficient (Wildman–Crippen LogP) is 5.31. The number of halogens is 1. The van der Waals surface area contributed by atoms with Gasteiger partial charge in [0.1, 0.15) is 0 Å². The van der Waals surface area contributed by atoms with Gasteiger partial charge in [-0.25, -0.2) is 4.98 Å². The largest absolute Gasteiger partial charge is 0.343 e. The van der Waals surface area contributed by atoms with Crippen molar-refractivity contribution >= 4 is 40.2 Å². The van der Waals surface area contributed by atoms with E-state index in [4.69, 9.17) is 16.6 Å². The Balaban J connectivity index is 1.47. The van der Waals surface area contributed by atoms with E-state index in [1.54, 1.807) is 34.5 Å². The molecule has 1 aliphatic rings. The van der Waals surface area contributed by atoms with Crippen molar-refractivity contribution in [1.82, 2.24) is 14.5 Å². The van der Waals surface area contributed by atoms with Crippen LogP contribution in [0.15, 0.2) is 58.5 Å². The summed E-state index contributed by atoms with van der Waals surface area (Å²) in [6.07, 6.45) is 5.80. The Labute approximate surface area is 191 Å². The van der Waals surface area contributed by atoms with Crippen LogP contribution in [0.4, 0.5) is 0 Å². The highest BCUT2D eigenvalue weighted by Gasteiger charge is 2.16. The number of fused-ring (bicyclic) bond motifs is 1. The highest BCUT2D eigenvalue weighted by molar-refractivity contribution is 7.99. The minimum Gasteiger partial charge on any atom is -0.343 e. The van der Waals surface area contributed by atoms with Gasteiger partial charge in [-0.2, -0.15) is 0 Å². The van der Waals surface area contributed by atoms with Gasteiger partial charge >= 0.3 is 0 Å². The number of hydrogen-bond donors (Lipinski definition) is 0. The number of unbranched alkanes of at least 4 members (excludes halogenated alkanes) is 1. The van der Waals surface area contributed by atoms with Gasteiger partial charge in [-0.1, -0.05) is 41.6 Å². The van der Waals surface area contributed by atoms with Crippen molar-refractivity contribution in [2.75, 3.05) is 18.8 Å². The zero-order valence-electron chi connectivity index (χ0n) is 17.4. The van der Waals surface area contributed by atoms with E-state index in [0.717, 1.165) is 44.5 Å². The number of amides is 1. The fourth-order valence-corrected chi connectivity index (χ4v) is 5.09. The molecule has 1 amide bonds. The number of carbonyl (C=O) groups excluding carboxylic acids is 1. The molecule has 2 aromatic carbocycles. The molecule has 162 valence electrons. The second-order valence-corrected chi connectivity index (χ2v) is 9.28. The average Bonchev–Trinajstić information content (AvgIpc) is 2.79. The zero-order valence-corrected chi connectivity index (χ0v) is 19.0. The molecule has 0 spiro atoms. The van der Waals surface area contributed by atoms with Gasteiger partial charge < -0.3 is 4.90 Å². The van der Waals surface area contributed by atoms with Crippen LogP contribution in [-0.4, -0.2) is 39.2 Å². The molecule has 0 unspecified atom stereocenters. The van der Waals surface area contributed by atoms with Gasteiger partial charge in [0, 0.05) is 30.3 Å². The van der Waals surface area contributed by atoms with E-state index in [1.807, 2.05) is 35.2 Å². The molecule has 1 saturated heterocycles. The molecule has 31 heavy (non-hydrogen) atoms. The molecule has 4 rings (SSSR count). The van der Waals surface area contributed by atoms with Crippen LogP contribution in [-0.2, 0) is 4.79 Å². The van der Waals surface area contributed by atoms with Crippen molar-refractivity contribution in [1.29, 1.82) is 0 Å². The van der Waals surface area contributed by atoms with E-state index in [1.165, 1.54) is 6.42 Å². The number of carbonyl (C=O) groups is 1. The third-order valence-corrected chi connectivity index (χ3v) is 6.80. The second kappa shape index (κ2) is 10.3. The highest BCUT2D eigenvalue weighted by Crippen LogP contribution is 2.24. The first-order valence-corrected chi connectivity index (χ1v) is 12.2. The molecule has 2 heterocycles. The molecule has 0 saturated carbocycles. The third kappa shape index (κ3) is 5.31. The van der Waals surface area contributed by atoms with Gasteiger partial charge in [0.15, 0.2) is 5.16 Å². The van der Waals surface area contributed by atoms with Gasteiger partial charge in [0.25, 0.3) is 5.56 Å². The van der Waals surface area contributed by atoms with Crippen LogP contribution in [0.25, 0.3) is 16.6 Å². The van der Waals surface area contributed by atoms with E-state index < -0.39 is 0 Å². The Morgan fingerprint density at radius 1 is 1.03 bits per heavy atom. The molecule has 3 aromatic rings. The summed E-state index contributed by atoms with van der Waals surface area (Å²) in [6.45, 7) is 1.81. The number of aromatic nitrogens is 2. The Kier molecular flexibility index (Phi) is 7.30. The molecule has 0 atom stereocenters. The van der Waals surface area contributed by atoms with Crippen LogP contribution in [0.5, 0.6) is 0 Å². The Morgan fingerprint density at radius 2 is 1.84 bits per heavy atom. The van der Waals surface area contributed by atoms with E-state index in [2.05, 4.69) is 0 Å². The van der Waals surface area contributed by atoms with Crippen molar-refractivity contribution in [3.63, 3.8) is 0 Å². The number of likely N-dealkylation sites (tertiary alicyclic amines) is 1. The normalized spacial score (nSPS) is 14.2. The summed E-state index contributed by atoms with van der Waals surface area (Å²) in [7, 11) is 0. The summed E-state index contributed by atoms with van der Waals surface area (Å²) in [4.78, 5) is 32.3. The van der Waals surface area contributed by atoms with Crippen LogP contribution >= 0.6 is 23.4 Å². The Bertz CT molecular complexity index is 1130. The van der Waals surface area contributed by atoms with E-state index in [0.29, 0.717) is 33.2 Å². The first-order valence-electron chi connectivity index (χ1n) is 10.8. The molecule has 5 nitrogen and oxygen atoms in total. The summed E-state index contributed by atoms with van der Waals surface area (Å²) in [5, 5.41) is 1.80. The first-order chi connectivity index (χ1) is 15.1. The fourth-order valence-electron chi connectivity index (χ4n) is 3.90. The number of thioether (sulfide) groups is 1. The Morgan fingerprint density at radius 3 is 2.65 bits per heavy atom. The molecular weight excluding hydrogens is 430 g/mol. The zero-order chi connectivity index (χ0) is 21.6. The molecular formula is C24H26ClN3O2S. The maximum absolute atomic E-state index is 13.2. The van der Waals surface area contributed by atoms with Crippen LogP contribution in [0, 0.1) is 0 Å². The van der Waals surface area contributed by atoms with Crippen LogP contribution in [0.1, 0.15) is 38.5 Å². The molecule has 1 aromatic heterocycles. The van der Waals surface area contributed by atoms with Gasteiger partial charge in [-0.05, 0) is 62.4 Å². The van der Waals surface area contributed by atoms with E-state index in [9.17, 15) is 9.59 Å². The van der Waals surface area contributed by atoms with Crippen LogP contribution in [0.2, 0.25) is 5.02 Å². The maximum atomic E-state index is 13.2. The summed E-state index contributed by atoms with van der Waals surface area (Å²) in [5.74, 6) is 1.06. The number of benzene rings is 2. The van der Waals surface area contributed by atoms with Gasteiger partial charge in [-0.3, -0.25) is 14.2 Å². The SMILES string of the molecule is O=C(CCCCSc1nc2ccccc2c(=O)n1-c1cccc(Cl)c1)N1CCCCC1. The minimum absolute atomic E-state index is 0.101. The number of rotatable bonds is 7. The first kappa shape index (κ1) is 21.9. The third-order valence-electron chi connectivity index (χ3n) is 5.54. The second-order valence-electron chi connectivity index (χ2n) is 7.78. The molecule has 0 N–H and O–H groups in total. The fraction of sp³-hybridized carbons (Fsp3) is 0.375. The van der Waals surface area contributed by atoms with E-state index >= 15 is 0 Å². The number of piperidine rings is 1. The standard InChI is InChI=1S/C24H26ClN3O2S/c25-18-9-8-10-19(17-18)28-23(30)20-11-2-3-12-21(20)26-24(28)31-16-7-4-13-22(29)27-14-5-1-6-15-27/h2-3,8-12,17H,1,4-7,13-16H2. The van der Waals surface area contributed by atoms with Gasteiger partial charge in [-0.15, -0.1) is 0 Å². The quantitative estimate of drug-likeness (QED) is 0.275. The van der Waals surface area contributed by atoms with Crippen LogP contribution < -0.4 is 5.56 Å². The Hall–Kier alpha value is -2.31. The van der Waals surface area contributed by atoms with Crippen molar-refractivity contribution in [3.05, 3.63) is 63.9 Å². The van der Waals surface area contributed by atoms with Gasteiger partial charge in [0.05, 0.1) is 16.6 Å². The predicted molar refractivity (Wildman–Crippen MR) is 127 cm³/mol.